The van der Waals surface area contributed by atoms with Crippen LogP contribution >= 0.6 is 0 Å². The van der Waals surface area contributed by atoms with Gasteiger partial charge in [-0.15, -0.1) is 0 Å². The summed E-state index contributed by atoms with van der Waals surface area (Å²) in [7, 11) is 0. The van der Waals surface area contributed by atoms with Gasteiger partial charge in [0.15, 0.2) is 0 Å². The Morgan fingerprint density at radius 3 is 2.39 bits per heavy atom. The number of ether oxygens (including phenoxy) is 1. The molecular formula is C20H36O3. The lowest BCUT2D eigenvalue weighted by molar-refractivity contribution is -0.137. The second kappa shape index (κ2) is 13.6. The predicted molar refractivity (Wildman–Crippen MR) is 95.7 cm³/mol. The molecule has 0 radical (unpaired) electrons. The van der Waals surface area contributed by atoms with E-state index in [1.807, 2.05) is 0 Å². The van der Waals surface area contributed by atoms with Crippen LogP contribution in [0.4, 0.5) is 0 Å². The zero-order chi connectivity index (χ0) is 16.8. The first kappa shape index (κ1) is 20.2. The Hall–Kier alpha value is -0.830. The van der Waals surface area contributed by atoms with Gasteiger partial charge in [0, 0.05) is 6.42 Å². The third-order valence-electron chi connectivity index (χ3n) is 4.58. The lowest BCUT2D eigenvalue weighted by Gasteiger charge is -1.98. The van der Waals surface area contributed by atoms with E-state index < -0.39 is 5.97 Å². The molecular weight excluding hydrogens is 288 g/mol. The van der Waals surface area contributed by atoms with Crippen LogP contribution in [0.5, 0.6) is 0 Å². The van der Waals surface area contributed by atoms with E-state index in [0.29, 0.717) is 18.6 Å². The highest BCUT2D eigenvalue weighted by Crippen LogP contribution is 2.30. The predicted octanol–water partition coefficient (Wildman–Crippen LogP) is 5.88. The van der Waals surface area contributed by atoms with E-state index in [4.69, 9.17) is 9.84 Å². The van der Waals surface area contributed by atoms with Crippen LogP contribution in [0, 0.1) is 0 Å². The van der Waals surface area contributed by atoms with Crippen molar-refractivity contribution in [2.45, 2.75) is 109 Å². The quantitative estimate of drug-likeness (QED) is 0.219. The number of epoxide rings is 1. The lowest BCUT2D eigenvalue weighted by atomic mass is 10.1. The molecule has 0 amide bonds. The number of carbonyl (C=O) groups is 1. The van der Waals surface area contributed by atoms with Gasteiger partial charge in [0.05, 0.1) is 12.2 Å². The molecule has 0 spiro atoms. The fourth-order valence-corrected chi connectivity index (χ4v) is 3.01. The van der Waals surface area contributed by atoms with Crippen molar-refractivity contribution in [2.24, 2.45) is 0 Å². The maximum Gasteiger partial charge on any atom is 0.303 e. The van der Waals surface area contributed by atoms with Gasteiger partial charge < -0.3 is 9.84 Å². The van der Waals surface area contributed by atoms with Crippen LogP contribution in [0.3, 0.4) is 0 Å². The van der Waals surface area contributed by atoms with E-state index >= 15 is 0 Å². The van der Waals surface area contributed by atoms with E-state index in [2.05, 4.69) is 19.1 Å². The monoisotopic (exact) mass is 324 g/mol. The summed E-state index contributed by atoms with van der Waals surface area (Å²) in [6.07, 6.45) is 21.6. The van der Waals surface area contributed by atoms with E-state index in [1.54, 1.807) is 0 Å². The van der Waals surface area contributed by atoms with Crippen molar-refractivity contribution in [3.05, 3.63) is 12.2 Å². The number of allylic oxidation sites excluding steroid dienone is 1. The van der Waals surface area contributed by atoms with Gasteiger partial charge in [0.1, 0.15) is 0 Å². The fourth-order valence-electron chi connectivity index (χ4n) is 3.01. The molecule has 0 aromatic carbocycles. The first-order chi connectivity index (χ1) is 11.2. The summed E-state index contributed by atoms with van der Waals surface area (Å²) >= 11 is 0. The minimum atomic E-state index is -0.676. The zero-order valence-electron chi connectivity index (χ0n) is 15.0. The van der Waals surface area contributed by atoms with E-state index in [9.17, 15) is 4.79 Å². The first-order valence-corrected chi connectivity index (χ1v) is 9.76. The van der Waals surface area contributed by atoms with Crippen LogP contribution in [0.2, 0.25) is 0 Å². The number of rotatable bonds is 16. The number of unbranched alkanes of at least 4 members (excludes halogenated alkanes) is 9. The first-order valence-electron chi connectivity index (χ1n) is 9.76. The van der Waals surface area contributed by atoms with Crippen molar-refractivity contribution >= 4 is 5.97 Å². The minimum absolute atomic E-state index is 0.314. The molecule has 0 saturated carbocycles. The molecule has 0 aromatic rings. The van der Waals surface area contributed by atoms with Gasteiger partial charge in [-0.25, -0.2) is 0 Å². The van der Waals surface area contributed by atoms with Crippen LogP contribution in [-0.2, 0) is 9.53 Å². The second-order valence-corrected chi connectivity index (χ2v) is 6.82. The lowest BCUT2D eigenvalue weighted by Crippen LogP contribution is -1.93. The fraction of sp³-hybridized carbons (Fsp3) is 0.850. The molecule has 1 aliphatic heterocycles. The van der Waals surface area contributed by atoms with Gasteiger partial charge in [-0.1, -0.05) is 70.4 Å². The molecule has 0 aliphatic carbocycles. The summed E-state index contributed by atoms with van der Waals surface area (Å²) in [5.41, 5.74) is 0. The Kier molecular flexibility index (Phi) is 11.9. The standard InChI is InChI=1S/C20H36O3/c1-2-3-4-5-9-12-15-18-19(23-18)16-13-10-7-6-8-11-14-17-20(21)22/h10,13,18-19H,2-9,11-12,14-17H2,1H3,(H,21,22)/b13-10-/t18-,19-/m0/s1. The SMILES string of the molecule is CCCCCCCC[C@@H]1O[C@H]1C/C=C\CCCCCCC(=O)O. The van der Waals surface area contributed by atoms with Crippen LogP contribution < -0.4 is 0 Å². The van der Waals surface area contributed by atoms with Crippen molar-refractivity contribution in [3.8, 4) is 0 Å². The van der Waals surface area contributed by atoms with Crippen molar-refractivity contribution in [1.82, 2.24) is 0 Å². The van der Waals surface area contributed by atoms with Crippen LogP contribution in [-0.4, -0.2) is 23.3 Å². The number of aliphatic carboxylic acids is 1. The van der Waals surface area contributed by atoms with Crippen molar-refractivity contribution in [3.63, 3.8) is 0 Å². The molecule has 0 aromatic heterocycles. The minimum Gasteiger partial charge on any atom is -0.481 e. The third-order valence-corrected chi connectivity index (χ3v) is 4.58. The highest BCUT2D eigenvalue weighted by atomic mass is 16.6. The van der Waals surface area contributed by atoms with Crippen molar-refractivity contribution < 1.29 is 14.6 Å². The molecule has 3 heteroatoms. The summed E-state index contributed by atoms with van der Waals surface area (Å²) in [6, 6.07) is 0. The Bertz CT molecular complexity index is 325. The molecule has 1 aliphatic rings. The van der Waals surface area contributed by atoms with E-state index in [0.717, 1.165) is 32.1 Å². The van der Waals surface area contributed by atoms with Gasteiger partial charge in [-0.05, 0) is 32.1 Å². The Morgan fingerprint density at radius 2 is 1.61 bits per heavy atom. The zero-order valence-corrected chi connectivity index (χ0v) is 15.0. The summed E-state index contributed by atoms with van der Waals surface area (Å²) in [6.45, 7) is 2.26. The highest BCUT2D eigenvalue weighted by Gasteiger charge is 2.36. The molecule has 23 heavy (non-hydrogen) atoms. The molecule has 3 nitrogen and oxygen atoms in total. The highest BCUT2D eigenvalue weighted by molar-refractivity contribution is 5.66. The molecule has 0 unspecified atom stereocenters. The summed E-state index contributed by atoms with van der Waals surface area (Å²) in [5, 5.41) is 8.54. The molecule has 1 rings (SSSR count). The second-order valence-electron chi connectivity index (χ2n) is 6.82. The van der Waals surface area contributed by atoms with Crippen molar-refractivity contribution in [2.75, 3.05) is 0 Å². The maximum atomic E-state index is 10.4. The van der Waals surface area contributed by atoms with Crippen LogP contribution in [0.1, 0.15) is 96.8 Å². The largest absolute Gasteiger partial charge is 0.481 e. The van der Waals surface area contributed by atoms with Crippen molar-refractivity contribution in [1.29, 1.82) is 0 Å². The normalized spacial score (nSPS) is 20.2. The molecule has 134 valence electrons. The van der Waals surface area contributed by atoms with Crippen LogP contribution in [0.15, 0.2) is 12.2 Å². The number of hydrogen-bond donors (Lipinski definition) is 1. The topological polar surface area (TPSA) is 49.8 Å². The van der Waals surface area contributed by atoms with Gasteiger partial charge in [-0.2, -0.15) is 0 Å². The Morgan fingerprint density at radius 1 is 0.913 bits per heavy atom. The summed E-state index contributed by atoms with van der Waals surface area (Å²) in [5.74, 6) is -0.676. The number of carboxylic acid groups (broad SMARTS) is 1. The Balaban J connectivity index is 1.81. The van der Waals surface area contributed by atoms with Gasteiger partial charge in [0.25, 0.3) is 0 Å². The molecule has 1 heterocycles. The summed E-state index contributed by atoms with van der Waals surface area (Å²) < 4.78 is 5.72. The Labute approximate surface area is 142 Å². The van der Waals surface area contributed by atoms with Gasteiger partial charge >= 0.3 is 5.97 Å². The molecule has 1 saturated heterocycles. The third kappa shape index (κ3) is 12.3. The van der Waals surface area contributed by atoms with Gasteiger partial charge in [0.2, 0.25) is 0 Å². The van der Waals surface area contributed by atoms with Gasteiger partial charge in [-0.3, -0.25) is 4.79 Å². The van der Waals surface area contributed by atoms with E-state index in [1.165, 1.54) is 51.4 Å². The molecule has 1 N–H and O–H groups in total. The average molecular weight is 325 g/mol. The molecule has 1 fully saturated rings. The smallest absolute Gasteiger partial charge is 0.303 e. The van der Waals surface area contributed by atoms with Crippen LogP contribution in [0.25, 0.3) is 0 Å². The number of hydrogen-bond acceptors (Lipinski definition) is 2. The maximum absolute atomic E-state index is 10.4. The molecule has 0 bridgehead atoms. The summed E-state index contributed by atoms with van der Waals surface area (Å²) in [4.78, 5) is 10.4. The average Bonchev–Trinajstić information content (AvgIpc) is 3.27. The molecule has 2 atom stereocenters. The number of carboxylic acids is 1. The van der Waals surface area contributed by atoms with E-state index in [-0.39, 0.29) is 0 Å².